The summed E-state index contributed by atoms with van der Waals surface area (Å²) in [6.45, 7) is 2.87. The standard InChI is InChI=1S/C16H23F2NO2/c1-19(9-10-21-11-12-5-6-12)8-7-15(20)13-3-2-4-14(17)16(13)18/h2-4,12,15,20H,5-11H2,1H3. The predicted molar refractivity (Wildman–Crippen MR) is 77.0 cm³/mol. The zero-order chi connectivity index (χ0) is 15.2. The van der Waals surface area contributed by atoms with Crippen molar-refractivity contribution in [3.8, 4) is 0 Å². The van der Waals surface area contributed by atoms with E-state index in [0.29, 0.717) is 19.6 Å². The lowest BCUT2D eigenvalue weighted by Crippen LogP contribution is -2.26. The van der Waals surface area contributed by atoms with Crippen molar-refractivity contribution in [3.05, 3.63) is 35.4 Å². The fourth-order valence-corrected chi connectivity index (χ4v) is 2.14. The maximum absolute atomic E-state index is 13.5. The molecule has 1 saturated carbocycles. The monoisotopic (exact) mass is 299 g/mol. The van der Waals surface area contributed by atoms with Crippen molar-refractivity contribution in [2.75, 3.05) is 33.4 Å². The van der Waals surface area contributed by atoms with Gasteiger partial charge >= 0.3 is 0 Å². The van der Waals surface area contributed by atoms with Crippen molar-refractivity contribution >= 4 is 0 Å². The molecule has 1 aromatic rings. The van der Waals surface area contributed by atoms with E-state index in [1.165, 1.54) is 25.0 Å². The number of ether oxygens (including phenoxy) is 1. The van der Waals surface area contributed by atoms with Crippen LogP contribution >= 0.6 is 0 Å². The van der Waals surface area contributed by atoms with Gasteiger partial charge < -0.3 is 14.7 Å². The first-order chi connectivity index (χ1) is 10.1. The minimum Gasteiger partial charge on any atom is -0.388 e. The molecule has 0 aliphatic heterocycles. The summed E-state index contributed by atoms with van der Waals surface area (Å²) >= 11 is 0. The number of nitrogens with zero attached hydrogens (tertiary/aromatic N) is 1. The Bertz CT molecular complexity index is 452. The van der Waals surface area contributed by atoms with Gasteiger partial charge in [-0.15, -0.1) is 0 Å². The summed E-state index contributed by atoms with van der Waals surface area (Å²) in [5.41, 5.74) is 0.0217. The van der Waals surface area contributed by atoms with Crippen molar-refractivity contribution in [2.45, 2.75) is 25.4 Å². The van der Waals surface area contributed by atoms with Crippen LogP contribution in [-0.4, -0.2) is 43.4 Å². The van der Waals surface area contributed by atoms with Crippen molar-refractivity contribution in [1.82, 2.24) is 4.90 Å². The van der Waals surface area contributed by atoms with E-state index in [1.54, 1.807) is 0 Å². The summed E-state index contributed by atoms with van der Waals surface area (Å²) in [5.74, 6) is -1.12. The van der Waals surface area contributed by atoms with Crippen molar-refractivity contribution in [3.63, 3.8) is 0 Å². The Morgan fingerprint density at radius 1 is 1.33 bits per heavy atom. The van der Waals surface area contributed by atoms with Crippen LogP contribution < -0.4 is 0 Å². The number of aliphatic hydroxyl groups excluding tert-OH is 1. The molecule has 1 aromatic carbocycles. The summed E-state index contributed by atoms with van der Waals surface area (Å²) in [7, 11) is 1.93. The van der Waals surface area contributed by atoms with Gasteiger partial charge in [-0.2, -0.15) is 0 Å². The number of hydrogen-bond acceptors (Lipinski definition) is 3. The molecule has 0 aromatic heterocycles. The molecular weight excluding hydrogens is 276 g/mol. The van der Waals surface area contributed by atoms with E-state index in [0.717, 1.165) is 25.1 Å². The van der Waals surface area contributed by atoms with E-state index in [2.05, 4.69) is 0 Å². The fourth-order valence-electron chi connectivity index (χ4n) is 2.14. The SMILES string of the molecule is CN(CCOCC1CC1)CCC(O)c1cccc(F)c1F. The van der Waals surface area contributed by atoms with E-state index < -0.39 is 17.7 Å². The van der Waals surface area contributed by atoms with Gasteiger partial charge in [0.15, 0.2) is 11.6 Å². The van der Waals surface area contributed by atoms with E-state index in [9.17, 15) is 13.9 Å². The lowest BCUT2D eigenvalue weighted by Gasteiger charge is -2.19. The molecule has 0 heterocycles. The highest BCUT2D eigenvalue weighted by Crippen LogP contribution is 2.28. The Labute approximate surface area is 124 Å². The van der Waals surface area contributed by atoms with Crippen LogP contribution in [0.25, 0.3) is 0 Å². The molecule has 0 saturated heterocycles. The van der Waals surface area contributed by atoms with Crippen LogP contribution in [0.1, 0.15) is 30.9 Å². The molecule has 1 atom stereocenters. The summed E-state index contributed by atoms with van der Waals surface area (Å²) in [6.07, 6.45) is 1.93. The second-order valence-electron chi connectivity index (χ2n) is 5.77. The fraction of sp³-hybridized carbons (Fsp3) is 0.625. The molecular formula is C16H23F2NO2. The third-order valence-electron chi connectivity index (χ3n) is 3.79. The van der Waals surface area contributed by atoms with Gasteiger partial charge in [0.25, 0.3) is 0 Å². The zero-order valence-corrected chi connectivity index (χ0v) is 12.4. The van der Waals surface area contributed by atoms with Gasteiger partial charge in [0.2, 0.25) is 0 Å². The first-order valence-electron chi connectivity index (χ1n) is 7.46. The average molecular weight is 299 g/mol. The highest BCUT2D eigenvalue weighted by molar-refractivity contribution is 5.21. The number of rotatable bonds is 9. The van der Waals surface area contributed by atoms with Crippen molar-refractivity contribution in [2.24, 2.45) is 5.92 Å². The molecule has 2 rings (SSSR count). The third kappa shape index (κ3) is 5.34. The molecule has 3 nitrogen and oxygen atoms in total. The zero-order valence-electron chi connectivity index (χ0n) is 12.4. The molecule has 0 radical (unpaired) electrons. The van der Waals surface area contributed by atoms with Crippen LogP contribution in [0.2, 0.25) is 0 Å². The normalized spacial score (nSPS) is 16.4. The summed E-state index contributed by atoms with van der Waals surface area (Å²) in [4.78, 5) is 2.02. The van der Waals surface area contributed by atoms with Gasteiger partial charge in [-0.3, -0.25) is 0 Å². The van der Waals surface area contributed by atoms with Crippen LogP contribution in [0.15, 0.2) is 18.2 Å². The van der Waals surface area contributed by atoms with E-state index in [4.69, 9.17) is 4.74 Å². The molecule has 0 spiro atoms. The van der Waals surface area contributed by atoms with Gasteiger partial charge in [-0.1, -0.05) is 12.1 Å². The number of likely N-dealkylation sites (N-methyl/N-ethyl adjacent to an activating group) is 1. The predicted octanol–water partition coefficient (Wildman–Crippen LogP) is 2.75. The van der Waals surface area contributed by atoms with E-state index in [-0.39, 0.29) is 5.56 Å². The Kier molecular flexibility index (Phi) is 6.08. The van der Waals surface area contributed by atoms with Crippen molar-refractivity contribution in [1.29, 1.82) is 0 Å². The second kappa shape index (κ2) is 7.82. The van der Waals surface area contributed by atoms with Crippen LogP contribution in [0.4, 0.5) is 8.78 Å². The molecule has 1 aliphatic rings. The Morgan fingerprint density at radius 2 is 2.10 bits per heavy atom. The molecule has 118 valence electrons. The summed E-state index contributed by atoms with van der Waals surface area (Å²) in [6, 6.07) is 3.88. The first kappa shape index (κ1) is 16.3. The van der Waals surface area contributed by atoms with Gasteiger partial charge in [-0.25, -0.2) is 8.78 Å². The smallest absolute Gasteiger partial charge is 0.164 e. The molecule has 1 N–H and O–H groups in total. The Balaban J connectivity index is 1.67. The lowest BCUT2D eigenvalue weighted by molar-refractivity contribution is 0.0941. The van der Waals surface area contributed by atoms with E-state index >= 15 is 0 Å². The highest BCUT2D eigenvalue weighted by Gasteiger charge is 2.21. The van der Waals surface area contributed by atoms with Crippen molar-refractivity contribution < 1.29 is 18.6 Å². The lowest BCUT2D eigenvalue weighted by atomic mass is 10.1. The number of benzene rings is 1. The maximum Gasteiger partial charge on any atom is 0.164 e. The Morgan fingerprint density at radius 3 is 2.81 bits per heavy atom. The average Bonchev–Trinajstić information content (AvgIpc) is 3.28. The highest BCUT2D eigenvalue weighted by atomic mass is 19.2. The summed E-state index contributed by atoms with van der Waals surface area (Å²) in [5, 5.41) is 9.96. The number of hydrogen-bond donors (Lipinski definition) is 1. The van der Waals surface area contributed by atoms with Crippen LogP contribution in [-0.2, 0) is 4.74 Å². The van der Waals surface area contributed by atoms with Gasteiger partial charge in [0.1, 0.15) is 0 Å². The quantitative estimate of drug-likeness (QED) is 0.712. The minimum atomic E-state index is -0.990. The molecule has 1 fully saturated rings. The molecule has 0 bridgehead atoms. The molecule has 0 amide bonds. The van der Waals surface area contributed by atoms with Gasteiger partial charge in [0.05, 0.1) is 12.7 Å². The first-order valence-corrected chi connectivity index (χ1v) is 7.46. The number of halogens is 2. The molecule has 5 heteroatoms. The second-order valence-corrected chi connectivity index (χ2v) is 5.77. The minimum absolute atomic E-state index is 0.0217. The Hall–Kier alpha value is -1.04. The van der Waals surface area contributed by atoms with Crippen LogP contribution in [0.5, 0.6) is 0 Å². The molecule has 1 aliphatic carbocycles. The third-order valence-corrected chi connectivity index (χ3v) is 3.79. The van der Waals surface area contributed by atoms with Gasteiger partial charge in [0, 0.05) is 25.3 Å². The maximum atomic E-state index is 13.5. The topological polar surface area (TPSA) is 32.7 Å². The number of aliphatic hydroxyl groups is 1. The van der Waals surface area contributed by atoms with E-state index in [1.807, 2.05) is 11.9 Å². The molecule has 1 unspecified atom stereocenters. The summed E-state index contributed by atoms with van der Waals surface area (Å²) < 4.78 is 32.2. The van der Waals surface area contributed by atoms with Crippen LogP contribution in [0, 0.1) is 17.6 Å². The van der Waals surface area contributed by atoms with Crippen LogP contribution in [0.3, 0.4) is 0 Å². The molecule has 21 heavy (non-hydrogen) atoms. The largest absolute Gasteiger partial charge is 0.388 e. The van der Waals surface area contributed by atoms with Gasteiger partial charge in [-0.05, 0) is 38.3 Å².